The third-order valence-corrected chi connectivity index (χ3v) is 4.03. The molecule has 0 atom stereocenters. The molecule has 8 nitrogen and oxygen atoms in total. The molecule has 130 valence electrons. The minimum absolute atomic E-state index is 0.215. The summed E-state index contributed by atoms with van der Waals surface area (Å²) in [6.45, 7) is 2.79. The van der Waals surface area contributed by atoms with Crippen molar-refractivity contribution >= 4 is 31.6 Å². The largest absolute Gasteiger partial charge is 0.399 e. The van der Waals surface area contributed by atoms with Gasteiger partial charge in [0.25, 0.3) is 20.2 Å². The molecule has 2 aromatic carbocycles. The summed E-state index contributed by atoms with van der Waals surface area (Å²) in [5.74, 6) is 0. The normalized spacial score (nSPS) is 11.2. The second kappa shape index (κ2) is 7.45. The highest BCUT2D eigenvalue weighted by Crippen LogP contribution is 2.29. The molecular formula is C14H16N2O6S2. The molecule has 0 aliphatic heterocycles. The van der Waals surface area contributed by atoms with Crippen LogP contribution in [0.5, 0.6) is 0 Å². The highest BCUT2D eigenvalue weighted by molar-refractivity contribution is 7.88. The summed E-state index contributed by atoms with van der Waals surface area (Å²) < 4.78 is 58.4. The van der Waals surface area contributed by atoms with Gasteiger partial charge in [0, 0.05) is 16.9 Å². The van der Waals surface area contributed by atoms with Gasteiger partial charge in [-0.2, -0.15) is 16.8 Å². The van der Waals surface area contributed by atoms with Crippen LogP contribution in [0.25, 0.3) is 11.1 Å². The molecule has 2 rings (SSSR count). The minimum Gasteiger partial charge on any atom is -0.399 e. The van der Waals surface area contributed by atoms with Crippen molar-refractivity contribution in [3.8, 4) is 11.1 Å². The Labute approximate surface area is 139 Å². The lowest BCUT2D eigenvalue weighted by atomic mass is 10.1. The fourth-order valence-corrected chi connectivity index (χ4v) is 2.40. The molecule has 0 saturated carbocycles. The summed E-state index contributed by atoms with van der Waals surface area (Å²) in [6, 6.07) is 11.0. The predicted molar refractivity (Wildman–Crippen MR) is 92.3 cm³/mol. The number of benzene rings is 2. The zero-order valence-electron chi connectivity index (χ0n) is 12.3. The van der Waals surface area contributed by atoms with Crippen molar-refractivity contribution in [2.45, 2.75) is 4.90 Å². The lowest BCUT2D eigenvalue weighted by Gasteiger charge is -2.08. The molecule has 10 heteroatoms. The Morgan fingerprint density at radius 2 is 1.33 bits per heavy atom. The van der Waals surface area contributed by atoms with E-state index in [9.17, 15) is 21.4 Å². The Morgan fingerprint density at radius 1 is 0.875 bits per heavy atom. The van der Waals surface area contributed by atoms with Crippen LogP contribution in [-0.2, 0) is 20.2 Å². The van der Waals surface area contributed by atoms with E-state index >= 15 is 0 Å². The topological polar surface area (TPSA) is 161 Å². The summed E-state index contributed by atoms with van der Waals surface area (Å²) in [7, 11) is -8.22. The zero-order chi connectivity index (χ0) is 18.5. The fourth-order valence-electron chi connectivity index (χ4n) is 1.65. The third kappa shape index (κ3) is 6.01. The first-order valence-electron chi connectivity index (χ1n) is 6.27. The van der Waals surface area contributed by atoms with Gasteiger partial charge in [0.15, 0.2) is 0 Å². The van der Waals surface area contributed by atoms with E-state index in [0.717, 1.165) is 0 Å². The lowest BCUT2D eigenvalue weighted by molar-refractivity contribution is 0.483. The van der Waals surface area contributed by atoms with Crippen LogP contribution in [0, 0.1) is 0 Å². The first-order valence-corrected chi connectivity index (χ1v) is 9.21. The van der Waals surface area contributed by atoms with E-state index in [1.165, 1.54) is 6.07 Å². The van der Waals surface area contributed by atoms with E-state index in [-0.39, 0.29) is 10.6 Å². The van der Waals surface area contributed by atoms with E-state index < -0.39 is 20.2 Å². The van der Waals surface area contributed by atoms with Gasteiger partial charge >= 0.3 is 0 Å². The SMILES string of the molecule is C=CS(=O)(=O)O.Nc1ccc(-c2ccc(N)cc2S(=O)(=O)O)cc1. The van der Waals surface area contributed by atoms with E-state index in [2.05, 4.69) is 6.58 Å². The molecule has 6 N–H and O–H groups in total. The van der Waals surface area contributed by atoms with E-state index in [0.29, 0.717) is 22.2 Å². The average molecular weight is 372 g/mol. The van der Waals surface area contributed by atoms with Gasteiger partial charge in [-0.05, 0) is 29.8 Å². The highest BCUT2D eigenvalue weighted by Gasteiger charge is 2.16. The summed E-state index contributed by atoms with van der Waals surface area (Å²) in [5.41, 5.74) is 13.0. The summed E-state index contributed by atoms with van der Waals surface area (Å²) in [4.78, 5) is -0.215. The Bertz CT molecular complexity index is 924. The molecular weight excluding hydrogens is 356 g/mol. The van der Waals surface area contributed by atoms with Gasteiger partial charge in [0.1, 0.15) is 4.90 Å². The van der Waals surface area contributed by atoms with Crippen LogP contribution >= 0.6 is 0 Å². The van der Waals surface area contributed by atoms with E-state index in [4.69, 9.17) is 16.0 Å². The number of rotatable bonds is 3. The van der Waals surface area contributed by atoms with Crippen molar-refractivity contribution in [3.63, 3.8) is 0 Å². The predicted octanol–water partition coefficient (Wildman–Crippen LogP) is 1.78. The second-order valence-corrected chi connectivity index (χ2v) is 7.29. The quantitative estimate of drug-likeness (QED) is 0.468. The molecule has 0 aliphatic rings. The smallest absolute Gasteiger partial charge is 0.295 e. The van der Waals surface area contributed by atoms with Crippen LogP contribution in [0.2, 0.25) is 0 Å². The van der Waals surface area contributed by atoms with Crippen molar-refractivity contribution in [1.82, 2.24) is 0 Å². The average Bonchev–Trinajstić information content (AvgIpc) is 2.47. The standard InChI is InChI=1S/C12H12N2O3S.C2H4O3S/c13-9-3-1-8(2-4-9)11-6-5-10(14)7-12(11)18(15,16)17;1-2-6(3,4)5/h1-7H,13-14H2,(H,15,16,17);2H,1H2,(H,3,4,5). The maximum Gasteiger partial charge on any atom is 0.295 e. The Hall–Kier alpha value is -2.40. The molecule has 0 aromatic heterocycles. The first kappa shape index (κ1) is 19.6. The molecule has 2 aromatic rings. The highest BCUT2D eigenvalue weighted by atomic mass is 32.2. The molecule has 0 amide bonds. The molecule has 0 heterocycles. The minimum atomic E-state index is -4.33. The monoisotopic (exact) mass is 372 g/mol. The Kier molecular flexibility index (Phi) is 6.10. The second-order valence-electron chi connectivity index (χ2n) is 4.53. The maximum atomic E-state index is 11.3. The van der Waals surface area contributed by atoms with Crippen molar-refractivity contribution in [2.75, 3.05) is 11.5 Å². The maximum absolute atomic E-state index is 11.3. The molecule has 0 bridgehead atoms. The molecule has 0 saturated heterocycles. The zero-order valence-corrected chi connectivity index (χ0v) is 14.0. The summed E-state index contributed by atoms with van der Waals surface area (Å²) >= 11 is 0. The Balaban J connectivity index is 0.000000413. The number of hydrogen-bond donors (Lipinski definition) is 4. The number of anilines is 2. The van der Waals surface area contributed by atoms with Crippen LogP contribution in [0.3, 0.4) is 0 Å². The van der Waals surface area contributed by atoms with Crippen molar-refractivity contribution in [1.29, 1.82) is 0 Å². The molecule has 0 radical (unpaired) electrons. The lowest BCUT2D eigenvalue weighted by Crippen LogP contribution is -2.02. The Morgan fingerprint density at radius 3 is 1.75 bits per heavy atom. The van der Waals surface area contributed by atoms with Gasteiger partial charge in [-0.3, -0.25) is 9.11 Å². The molecule has 0 fully saturated rings. The molecule has 0 unspecified atom stereocenters. The van der Waals surface area contributed by atoms with E-state index in [1.807, 2.05) is 0 Å². The van der Waals surface area contributed by atoms with Crippen molar-refractivity contribution in [3.05, 3.63) is 54.5 Å². The van der Waals surface area contributed by atoms with Gasteiger partial charge in [0.05, 0.1) is 5.41 Å². The van der Waals surface area contributed by atoms with Crippen molar-refractivity contribution < 1.29 is 25.9 Å². The van der Waals surface area contributed by atoms with E-state index in [1.54, 1.807) is 36.4 Å². The van der Waals surface area contributed by atoms with Crippen LogP contribution in [0.15, 0.2) is 59.3 Å². The fraction of sp³-hybridized carbons (Fsp3) is 0. The summed E-state index contributed by atoms with van der Waals surface area (Å²) in [5, 5.41) is 0.465. The number of hydrogen-bond acceptors (Lipinski definition) is 6. The number of nitrogen functional groups attached to an aromatic ring is 2. The van der Waals surface area contributed by atoms with Crippen LogP contribution in [-0.4, -0.2) is 25.9 Å². The van der Waals surface area contributed by atoms with Crippen LogP contribution in [0.1, 0.15) is 0 Å². The van der Waals surface area contributed by atoms with Gasteiger partial charge in [-0.1, -0.05) is 24.8 Å². The van der Waals surface area contributed by atoms with Gasteiger partial charge in [0.2, 0.25) is 0 Å². The summed E-state index contributed by atoms with van der Waals surface area (Å²) in [6.07, 6.45) is 0. The number of nitrogens with two attached hydrogens (primary N) is 2. The first-order chi connectivity index (χ1) is 10.9. The van der Waals surface area contributed by atoms with Crippen molar-refractivity contribution in [2.24, 2.45) is 0 Å². The molecule has 24 heavy (non-hydrogen) atoms. The van der Waals surface area contributed by atoms with Gasteiger partial charge in [-0.15, -0.1) is 0 Å². The molecule has 0 spiro atoms. The van der Waals surface area contributed by atoms with Gasteiger partial charge in [-0.25, -0.2) is 0 Å². The van der Waals surface area contributed by atoms with Crippen LogP contribution in [0.4, 0.5) is 11.4 Å². The van der Waals surface area contributed by atoms with Gasteiger partial charge < -0.3 is 11.5 Å². The third-order valence-electron chi connectivity index (χ3n) is 2.72. The molecule has 0 aliphatic carbocycles. The van der Waals surface area contributed by atoms with Crippen LogP contribution < -0.4 is 11.5 Å².